The van der Waals surface area contributed by atoms with Crippen LogP contribution < -0.4 is 5.46 Å². The lowest BCUT2D eigenvalue weighted by atomic mass is 9.95. The van der Waals surface area contributed by atoms with Crippen molar-refractivity contribution in [1.29, 1.82) is 5.26 Å². The van der Waals surface area contributed by atoms with Gasteiger partial charge in [0.2, 0.25) is 0 Å². The maximum absolute atomic E-state index is 8.40. The molecule has 2 radical (unpaired) electrons. The average molecular weight is 128 g/mol. The third-order valence-electron chi connectivity index (χ3n) is 1.24. The molecule has 0 spiro atoms. The molecular weight excluding hydrogens is 123 g/mol. The van der Waals surface area contributed by atoms with E-state index in [1.54, 1.807) is 19.1 Å². The van der Waals surface area contributed by atoms with Crippen LogP contribution in [-0.4, -0.2) is 12.8 Å². The number of nitrogens with zero attached hydrogens (tertiary/aromatic N) is 2. The number of pyridine rings is 1. The summed E-state index contributed by atoms with van der Waals surface area (Å²) in [5.41, 5.74) is 1.74. The third-order valence-corrected chi connectivity index (χ3v) is 1.24. The first-order valence-corrected chi connectivity index (χ1v) is 2.87. The van der Waals surface area contributed by atoms with Crippen LogP contribution in [0.1, 0.15) is 11.4 Å². The molecule has 1 aromatic heterocycles. The van der Waals surface area contributed by atoms with Crippen molar-refractivity contribution in [2.75, 3.05) is 0 Å². The molecule has 0 aliphatic heterocycles. The Morgan fingerprint density at radius 1 is 1.60 bits per heavy atom. The monoisotopic (exact) mass is 128 g/mol. The molecule has 0 aliphatic carbocycles. The molecule has 0 fully saturated rings. The van der Waals surface area contributed by atoms with Gasteiger partial charge in [-0.05, 0) is 13.0 Å². The maximum atomic E-state index is 8.40. The summed E-state index contributed by atoms with van der Waals surface area (Å²) in [6.45, 7) is 1.77. The first-order valence-electron chi connectivity index (χ1n) is 2.87. The molecule has 46 valence electrons. The predicted octanol–water partition coefficient (Wildman–Crippen LogP) is 0.0555. The van der Waals surface area contributed by atoms with Gasteiger partial charge in [0, 0.05) is 5.69 Å². The van der Waals surface area contributed by atoms with Gasteiger partial charge in [0.15, 0.2) is 0 Å². The van der Waals surface area contributed by atoms with Crippen LogP contribution in [0, 0.1) is 18.3 Å². The quantitative estimate of drug-likeness (QED) is 0.463. The second kappa shape index (κ2) is 2.53. The van der Waals surface area contributed by atoms with Crippen LogP contribution >= 0.6 is 0 Å². The SMILES string of the molecule is [B]c1ccc(C#N)nc1C. The fourth-order valence-corrected chi connectivity index (χ4v) is 0.634. The van der Waals surface area contributed by atoms with Crippen LogP contribution in [0.5, 0.6) is 0 Å². The molecule has 2 nitrogen and oxygen atoms in total. The number of hydrogen-bond donors (Lipinski definition) is 0. The molecule has 1 aromatic rings. The Balaban J connectivity index is 3.20. The molecule has 0 N–H and O–H groups in total. The summed E-state index contributed by atoms with van der Waals surface area (Å²) in [6, 6.07) is 5.21. The Labute approximate surface area is 60.9 Å². The highest BCUT2D eigenvalue weighted by molar-refractivity contribution is 6.33. The first kappa shape index (κ1) is 6.82. The van der Waals surface area contributed by atoms with E-state index in [0.717, 1.165) is 0 Å². The van der Waals surface area contributed by atoms with Crippen LogP contribution in [0.15, 0.2) is 12.1 Å². The molecule has 0 aliphatic rings. The Morgan fingerprint density at radius 2 is 2.30 bits per heavy atom. The maximum Gasteiger partial charge on any atom is 0.140 e. The highest BCUT2D eigenvalue weighted by Crippen LogP contribution is 1.91. The predicted molar refractivity (Wildman–Crippen MR) is 39.1 cm³/mol. The van der Waals surface area contributed by atoms with Gasteiger partial charge < -0.3 is 0 Å². The minimum atomic E-state index is 0.409. The summed E-state index contributed by atoms with van der Waals surface area (Å²) in [5, 5.41) is 8.40. The Kier molecular flexibility index (Phi) is 1.72. The Hall–Kier alpha value is -1.30. The van der Waals surface area contributed by atoms with Gasteiger partial charge in [-0.2, -0.15) is 5.26 Å². The Morgan fingerprint density at radius 3 is 2.80 bits per heavy atom. The van der Waals surface area contributed by atoms with Crippen LogP contribution in [0.2, 0.25) is 0 Å². The topological polar surface area (TPSA) is 36.7 Å². The number of aryl methyl sites for hydroxylation is 1. The lowest BCUT2D eigenvalue weighted by Gasteiger charge is -1.96. The summed E-state index contributed by atoms with van der Waals surface area (Å²) < 4.78 is 0. The number of rotatable bonds is 0. The lowest BCUT2D eigenvalue weighted by molar-refractivity contribution is 1.18. The fraction of sp³-hybridized carbons (Fsp3) is 0.143. The molecular formula is C7H5BN2. The summed E-state index contributed by atoms with van der Waals surface area (Å²) in [4.78, 5) is 3.91. The van der Waals surface area contributed by atoms with Gasteiger partial charge in [0.1, 0.15) is 19.6 Å². The molecule has 3 heteroatoms. The van der Waals surface area contributed by atoms with E-state index in [-0.39, 0.29) is 0 Å². The zero-order valence-electron chi connectivity index (χ0n) is 5.63. The van der Waals surface area contributed by atoms with Gasteiger partial charge in [-0.3, -0.25) is 0 Å². The Bertz CT molecular complexity index is 288. The molecule has 1 heterocycles. The zero-order chi connectivity index (χ0) is 7.56. The molecule has 0 amide bonds. The highest BCUT2D eigenvalue weighted by Gasteiger charge is 1.93. The van der Waals surface area contributed by atoms with Crippen molar-refractivity contribution in [3.63, 3.8) is 0 Å². The van der Waals surface area contributed by atoms with E-state index in [2.05, 4.69) is 4.98 Å². The number of nitriles is 1. The largest absolute Gasteiger partial charge is 0.243 e. The van der Waals surface area contributed by atoms with E-state index in [9.17, 15) is 0 Å². The summed E-state index contributed by atoms with van der Waals surface area (Å²) in [7, 11) is 5.47. The van der Waals surface area contributed by atoms with Crippen molar-refractivity contribution in [2.45, 2.75) is 6.92 Å². The van der Waals surface area contributed by atoms with E-state index in [1.165, 1.54) is 0 Å². The van der Waals surface area contributed by atoms with E-state index in [4.69, 9.17) is 13.1 Å². The molecule has 0 bridgehead atoms. The normalized spacial score (nSPS) is 8.80. The van der Waals surface area contributed by atoms with E-state index >= 15 is 0 Å². The van der Waals surface area contributed by atoms with E-state index < -0.39 is 0 Å². The van der Waals surface area contributed by atoms with Crippen molar-refractivity contribution >= 4 is 13.3 Å². The number of hydrogen-bond acceptors (Lipinski definition) is 2. The second-order valence-electron chi connectivity index (χ2n) is 1.98. The van der Waals surface area contributed by atoms with Crippen LogP contribution in [0.3, 0.4) is 0 Å². The molecule has 0 saturated heterocycles. The van der Waals surface area contributed by atoms with E-state index in [1.807, 2.05) is 6.07 Å². The van der Waals surface area contributed by atoms with Crippen molar-refractivity contribution < 1.29 is 0 Å². The lowest BCUT2D eigenvalue weighted by Crippen LogP contribution is -2.09. The molecule has 10 heavy (non-hydrogen) atoms. The van der Waals surface area contributed by atoms with Crippen LogP contribution in [-0.2, 0) is 0 Å². The van der Waals surface area contributed by atoms with Crippen LogP contribution in [0.25, 0.3) is 0 Å². The summed E-state index contributed by atoms with van der Waals surface area (Å²) in [6.07, 6.45) is 0. The van der Waals surface area contributed by atoms with Gasteiger partial charge in [-0.25, -0.2) is 4.98 Å². The van der Waals surface area contributed by atoms with Gasteiger partial charge in [0.05, 0.1) is 0 Å². The minimum absolute atomic E-state index is 0.409. The highest BCUT2D eigenvalue weighted by atomic mass is 14.7. The summed E-state index contributed by atoms with van der Waals surface area (Å²) in [5.74, 6) is 0. The molecule has 0 aromatic carbocycles. The van der Waals surface area contributed by atoms with Crippen LogP contribution in [0.4, 0.5) is 0 Å². The third kappa shape index (κ3) is 1.16. The van der Waals surface area contributed by atoms with Crippen molar-refractivity contribution in [3.8, 4) is 6.07 Å². The second-order valence-corrected chi connectivity index (χ2v) is 1.98. The minimum Gasteiger partial charge on any atom is -0.243 e. The van der Waals surface area contributed by atoms with Gasteiger partial charge in [0.25, 0.3) is 0 Å². The summed E-state index contributed by atoms with van der Waals surface area (Å²) >= 11 is 0. The van der Waals surface area contributed by atoms with Gasteiger partial charge in [-0.15, -0.1) is 0 Å². The molecule has 0 atom stereocenters. The fourth-order valence-electron chi connectivity index (χ4n) is 0.634. The van der Waals surface area contributed by atoms with Crippen molar-refractivity contribution in [2.24, 2.45) is 0 Å². The zero-order valence-corrected chi connectivity index (χ0v) is 5.63. The van der Waals surface area contributed by atoms with Crippen molar-refractivity contribution in [1.82, 2.24) is 4.98 Å². The number of aromatic nitrogens is 1. The molecule has 0 saturated carbocycles. The van der Waals surface area contributed by atoms with Gasteiger partial charge in [-0.1, -0.05) is 11.5 Å². The molecule has 1 rings (SSSR count). The van der Waals surface area contributed by atoms with Gasteiger partial charge >= 0.3 is 0 Å². The molecule has 0 unspecified atom stereocenters. The average Bonchev–Trinajstić information content (AvgIpc) is 1.95. The first-order chi connectivity index (χ1) is 4.74. The van der Waals surface area contributed by atoms with E-state index in [0.29, 0.717) is 16.9 Å². The van der Waals surface area contributed by atoms with Crippen molar-refractivity contribution in [3.05, 3.63) is 23.5 Å². The smallest absolute Gasteiger partial charge is 0.140 e. The standard InChI is InChI=1S/C7H5BN2/c1-5-7(8)3-2-6(4-9)10-5/h2-3H,1H3.